The van der Waals surface area contributed by atoms with Crippen molar-refractivity contribution < 1.29 is 18.0 Å². The quantitative estimate of drug-likeness (QED) is 0.868. The summed E-state index contributed by atoms with van der Waals surface area (Å²) in [6.45, 7) is 3.05. The largest absolute Gasteiger partial charge is 0.401 e. The number of rotatable bonds is 4. The molecule has 1 aromatic rings. The molecule has 2 saturated heterocycles. The Morgan fingerprint density at radius 1 is 1.07 bits per heavy atom. The number of amides is 2. The van der Waals surface area contributed by atoms with E-state index in [0.29, 0.717) is 38.5 Å². The second-order valence-electron chi connectivity index (χ2n) is 7.35. The summed E-state index contributed by atoms with van der Waals surface area (Å²) in [5.74, 6) is 0.392. The Morgan fingerprint density at radius 3 is 2.59 bits per heavy atom. The van der Waals surface area contributed by atoms with E-state index in [4.69, 9.17) is 0 Å². The number of nitrogens with one attached hydrogen (secondary N) is 1. The third-order valence-electron chi connectivity index (χ3n) is 5.23. The molecule has 2 fully saturated rings. The van der Waals surface area contributed by atoms with Crippen LogP contribution in [0.5, 0.6) is 0 Å². The Morgan fingerprint density at radius 2 is 1.85 bits per heavy atom. The van der Waals surface area contributed by atoms with Gasteiger partial charge in [0.15, 0.2) is 0 Å². The summed E-state index contributed by atoms with van der Waals surface area (Å²) in [5, 5.41) is 2.98. The van der Waals surface area contributed by atoms with Crippen LogP contribution in [-0.4, -0.2) is 74.4 Å². The highest BCUT2D eigenvalue weighted by atomic mass is 19.4. The Balaban J connectivity index is 1.41. The van der Waals surface area contributed by atoms with Crippen LogP contribution in [0.25, 0.3) is 0 Å². The summed E-state index contributed by atoms with van der Waals surface area (Å²) in [6.07, 6.45) is -2.60. The van der Waals surface area contributed by atoms with Crippen molar-refractivity contribution in [1.82, 2.24) is 15.1 Å². The fourth-order valence-corrected chi connectivity index (χ4v) is 3.80. The SMILES string of the molecule is O=C(NCC1CCN(c2ccccc2)C1)N1CCCN(CC(F)(F)F)CC1. The Kier molecular flexibility index (Phi) is 6.46. The number of hydrogen-bond acceptors (Lipinski definition) is 3. The van der Waals surface area contributed by atoms with Gasteiger partial charge in [-0.25, -0.2) is 4.79 Å². The third kappa shape index (κ3) is 6.02. The molecule has 8 heteroatoms. The van der Waals surface area contributed by atoms with Crippen LogP contribution in [0.2, 0.25) is 0 Å². The average Bonchev–Trinajstić information content (AvgIpc) is 2.99. The Hall–Kier alpha value is -1.96. The van der Waals surface area contributed by atoms with E-state index in [-0.39, 0.29) is 12.6 Å². The van der Waals surface area contributed by atoms with Gasteiger partial charge in [0.2, 0.25) is 0 Å². The zero-order valence-corrected chi connectivity index (χ0v) is 15.4. The van der Waals surface area contributed by atoms with Gasteiger partial charge >= 0.3 is 12.2 Å². The van der Waals surface area contributed by atoms with E-state index >= 15 is 0 Å². The fraction of sp³-hybridized carbons (Fsp3) is 0.632. The van der Waals surface area contributed by atoms with Crippen molar-refractivity contribution in [3.05, 3.63) is 30.3 Å². The average molecular weight is 384 g/mol. The molecular formula is C19H27F3N4O. The molecule has 0 bridgehead atoms. The van der Waals surface area contributed by atoms with Crippen LogP contribution in [0.15, 0.2) is 30.3 Å². The van der Waals surface area contributed by atoms with Gasteiger partial charge in [-0.1, -0.05) is 18.2 Å². The van der Waals surface area contributed by atoms with E-state index < -0.39 is 12.7 Å². The van der Waals surface area contributed by atoms with Crippen molar-refractivity contribution in [2.24, 2.45) is 5.92 Å². The van der Waals surface area contributed by atoms with Gasteiger partial charge in [-0.15, -0.1) is 0 Å². The summed E-state index contributed by atoms with van der Waals surface area (Å²) in [6, 6.07) is 10.0. The third-order valence-corrected chi connectivity index (χ3v) is 5.23. The van der Waals surface area contributed by atoms with Crippen molar-refractivity contribution >= 4 is 11.7 Å². The van der Waals surface area contributed by atoms with Crippen molar-refractivity contribution in [1.29, 1.82) is 0 Å². The van der Waals surface area contributed by atoms with Crippen molar-refractivity contribution in [2.75, 3.05) is 57.3 Å². The van der Waals surface area contributed by atoms with Gasteiger partial charge in [0.05, 0.1) is 6.54 Å². The molecule has 1 unspecified atom stereocenters. The zero-order valence-electron chi connectivity index (χ0n) is 15.4. The van der Waals surface area contributed by atoms with E-state index in [1.807, 2.05) is 18.2 Å². The van der Waals surface area contributed by atoms with Crippen LogP contribution in [-0.2, 0) is 0 Å². The molecule has 0 aromatic heterocycles. The monoisotopic (exact) mass is 384 g/mol. The number of urea groups is 1. The van der Waals surface area contributed by atoms with Gasteiger partial charge < -0.3 is 15.1 Å². The normalized spacial score (nSPS) is 22.0. The molecule has 2 amide bonds. The lowest BCUT2D eigenvalue weighted by atomic mass is 10.1. The number of hydrogen-bond donors (Lipinski definition) is 1. The molecule has 27 heavy (non-hydrogen) atoms. The minimum atomic E-state index is -4.19. The molecule has 150 valence electrons. The number of carbonyl (C=O) groups excluding carboxylic acids is 1. The van der Waals surface area contributed by atoms with Crippen molar-refractivity contribution in [3.8, 4) is 0 Å². The van der Waals surface area contributed by atoms with Crippen molar-refractivity contribution in [3.63, 3.8) is 0 Å². The van der Waals surface area contributed by atoms with Gasteiger partial charge in [-0.3, -0.25) is 4.90 Å². The molecule has 0 spiro atoms. The summed E-state index contributed by atoms with van der Waals surface area (Å²) in [7, 11) is 0. The fourth-order valence-electron chi connectivity index (χ4n) is 3.80. The first kappa shape index (κ1) is 19.8. The molecule has 5 nitrogen and oxygen atoms in total. The lowest BCUT2D eigenvalue weighted by Crippen LogP contribution is -2.44. The number of carbonyl (C=O) groups is 1. The van der Waals surface area contributed by atoms with Gasteiger partial charge in [-0.2, -0.15) is 13.2 Å². The Bertz CT molecular complexity index is 611. The van der Waals surface area contributed by atoms with E-state index in [0.717, 1.165) is 19.5 Å². The van der Waals surface area contributed by atoms with E-state index in [1.54, 1.807) is 4.90 Å². The summed E-state index contributed by atoms with van der Waals surface area (Å²) in [4.78, 5) is 17.7. The summed E-state index contributed by atoms with van der Waals surface area (Å²) < 4.78 is 37.6. The first-order chi connectivity index (χ1) is 12.9. The topological polar surface area (TPSA) is 38.8 Å². The lowest BCUT2D eigenvalue weighted by Gasteiger charge is -2.24. The van der Waals surface area contributed by atoms with E-state index in [2.05, 4.69) is 22.3 Å². The number of anilines is 1. The smallest absolute Gasteiger partial charge is 0.371 e. The van der Waals surface area contributed by atoms with Crippen LogP contribution in [0.4, 0.5) is 23.7 Å². The van der Waals surface area contributed by atoms with Gasteiger partial charge in [0, 0.05) is 51.5 Å². The molecule has 0 aliphatic carbocycles. The number of nitrogens with zero attached hydrogens (tertiary/aromatic N) is 3. The predicted octanol–water partition coefficient (Wildman–Crippen LogP) is 2.79. The summed E-state index contributed by atoms with van der Waals surface area (Å²) >= 11 is 0. The van der Waals surface area contributed by atoms with Crippen molar-refractivity contribution in [2.45, 2.75) is 19.0 Å². The minimum absolute atomic E-state index is 0.165. The second kappa shape index (κ2) is 8.82. The highest BCUT2D eigenvalue weighted by molar-refractivity contribution is 5.74. The van der Waals surface area contributed by atoms with Crippen LogP contribution in [0, 0.1) is 5.92 Å². The van der Waals surface area contributed by atoms with Crippen LogP contribution in [0.3, 0.4) is 0 Å². The second-order valence-corrected chi connectivity index (χ2v) is 7.35. The molecule has 1 aromatic carbocycles. The maximum Gasteiger partial charge on any atom is 0.401 e. The minimum Gasteiger partial charge on any atom is -0.371 e. The number of alkyl halides is 3. The standard InChI is InChI=1S/C19H27F3N4O/c20-19(21,22)15-24-8-4-9-25(12-11-24)18(27)23-13-16-7-10-26(14-16)17-5-2-1-3-6-17/h1-3,5-6,16H,4,7-15H2,(H,23,27). The molecular weight excluding hydrogens is 357 g/mol. The van der Waals surface area contributed by atoms with E-state index in [1.165, 1.54) is 10.6 Å². The van der Waals surface area contributed by atoms with Crippen LogP contribution >= 0.6 is 0 Å². The number of para-hydroxylation sites is 1. The Labute approximate surface area is 158 Å². The number of halogens is 3. The maximum atomic E-state index is 12.5. The molecule has 2 aliphatic heterocycles. The van der Waals surface area contributed by atoms with Crippen LogP contribution in [0.1, 0.15) is 12.8 Å². The maximum absolute atomic E-state index is 12.5. The van der Waals surface area contributed by atoms with Gasteiger partial charge in [0.25, 0.3) is 0 Å². The first-order valence-corrected chi connectivity index (χ1v) is 9.52. The van der Waals surface area contributed by atoms with Gasteiger partial charge in [-0.05, 0) is 30.9 Å². The summed E-state index contributed by atoms with van der Waals surface area (Å²) in [5.41, 5.74) is 1.20. The van der Waals surface area contributed by atoms with Crippen LogP contribution < -0.4 is 10.2 Å². The molecule has 1 N–H and O–H groups in total. The highest BCUT2D eigenvalue weighted by Gasteiger charge is 2.32. The predicted molar refractivity (Wildman–Crippen MR) is 98.8 cm³/mol. The molecule has 2 aliphatic rings. The number of benzene rings is 1. The first-order valence-electron chi connectivity index (χ1n) is 9.52. The molecule has 0 radical (unpaired) electrons. The van der Waals surface area contributed by atoms with E-state index in [9.17, 15) is 18.0 Å². The lowest BCUT2D eigenvalue weighted by molar-refractivity contribution is -0.145. The molecule has 2 heterocycles. The molecule has 1 atom stereocenters. The van der Waals surface area contributed by atoms with Gasteiger partial charge in [0.1, 0.15) is 0 Å². The molecule has 3 rings (SSSR count). The molecule has 0 saturated carbocycles. The highest BCUT2D eigenvalue weighted by Crippen LogP contribution is 2.23. The zero-order chi connectivity index (χ0) is 19.3.